The lowest BCUT2D eigenvalue weighted by atomic mass is 10.0. The van der Waals surface area contributed by atoms with Gasteiger partial charge in [0.25, 0.3) is 5.56 Å². The van der Waals surface area contributed by atoms with Gasteiger partial charge >= 0.3 is 0 Å². The molecule has 0 bridgehead atoms. The summed E-state index contributed by atoms with van der Waals surface area (Å²) in [7, 11) is 1.39. The molecule has 1 N–H and O–H groups in total. The van der Waals surface area contributed by atoms with E-state index >= 15 is 0 Å². The van der Waals surface area contributed by atoms with Crippen LogP contribution in [0.1, 0.15) is 5.82 Å². The third kappa shape index (κ3) is 2.83. The number of nitrogens with one attached hydrogen (secondary N) is 1. The molecule has 0 amide bonds. The van der Waals surface area contributed by atoms with Gasteiger partial charge in [0.1, 0.15) is 5.82 Å². The minimum absolute atomic E-state index is 0.121. The van der Waals surface area contributed by atoms with E-state index in [4.69, 9.17) is 4.74 Å². The van der Waals surface area contributed by atoms with Crippen LogP contribution in [-0.4, -0.2) is 22.1 Å². The smallest absolute Gasteiger partial charge is 0.259 e. The molecule has 0 fully saturated rings. The highest BCUT2D eigenvalue weighted by Gasteiger charge is 2.16. The van der Waals surface area contributed by atoms with Crippen LogP contribution in [0.5, 0.6) is 5.75 Å². The van der Waals surface area contributed by atoms with Crippen molar-refractivity contribution in [3.63, 3.8) is 0 Å². The number of aryl methyl sites for hydroxylation is 1. The molecule has 2 aromatic heterocycles. The molecule has 0 saturated carbocycles. The maximum atomic E-state index is 14.0. The molecule has 0 aliphatic heterocycles. The van der Waals surface area contributed by atoms with E-state index < -0.39 is 5.82 Å². The van der Waals surface area contributed by atoms with E-state index in [1.165, 1.54) is 19.2 Å². The number of benzene rings is 1. The lowest BCUT2D eigenvalue weighted by Gasteiger charge is -2.10. The summed E-state index contributed by atoms with van der Waals surface area (Å²) < 4.78 is 18.9. The average Bonchev–Trinajstić information content (AvgIpc) is 2.55. The van der Waals surface area contributed by atoms with Crippen molar-refractivity contribution in [1.29, 1.82) is 0 Å². The van der Waals surface area contributed by atoms with Crippen molar-refractivity contribution in [3.05, 3.63) is 64.7 Å². The highest BCUT2D eigenvalue weighted by molar-refractivity contribution is 5.80. The summed E-state index contributed by atoms with van der Waals surface area (Å²) in [5, 5.41) is 0. The van der Waals surface area contributed by atoms with Gasteiger partial charge in [0.2, 0.25) is 0 Å². The first kappa shape index (κ1) is 14.9. The molecule has 23 heavy (non-hydrogen) atoms. The lowest BCUT2D eigenvalue weighted by molar-refractivity contribution is 0.386. The molecule has 0 aliphatic carbocycles. The van der Waals surface area contributed by atoms with E-state index in [0.717, 1.165) is 5.56 Å². The summed E-state index contributed by atoms with van der Waals surface area (Å²) in [5.41, 5.74) is 1.64. The van der Waals surface area contributed by atoms with Gasteiger partial charge in [-0.3, -0.25) is 9.78 Å². The first-order chi connectivity index (χ1) is 11.1. The van der Waals surface area contributed by atoms with E-state index in [9.17, 15) is 9.18 Å². The molecule has 1 aromatic carbocycles. The molecular formula is C17H14FN3O2. The van der Waals surface area contributed by atoms with E-state index in [-0.39, 0.29) is 11.3 Å². The highest BCUT2D eigenvalue weighted by atomic mass is 19.1. The van der Waals surface area contributed by atoms with Crippen molar-refractivity contribution < 1.29 is 9.13 Å². The first-order valence-electron chi connectivity index (χ1n) is 6.95. The molecule has 5 nitrogen and oxygen atoms in total. The van der Waals surface area contributed by atoms with Crippen molar-refractivity contribution in [3.8, 4) is 28.1 Å². The number of methoxy groups -OCH3 is 1. The summed E-state index contributed by atoms with van der Waals surface area (Å²) in [5.74, 6) is 0.0703. The molecule has 0 aliphatic rings. The predicted octanol–water partition coefficient (Wildman–Crippen LogP) is 2.96. The fraction of sp³-hybridized carbons (Fsp3) is 0.118. The van der Waals surface area contributed by atoms with Crippen molar-refractivity contribution >= 4 is 0 Å². The van der Waals surface area contributed by atoms with Gasteiger partial charge in [-0.25, -0.2) is 9.37 Å². The van der Waals surface area contributed by atoms with Gasteiger partial charge in [-0.2, -0.15) is 0 Å². The second-order valence-electron chi connectivity index (χ2n) is 4.96. The maximum Gasteiger partial charge on any atom is 0.259 e. The Morgan fingerprint density at radius 3 is 2.52 bits per heavy atom. The number of ether oxygens (including phenoxy) is 1. The number of hydrogen-bond donors (Lipinski definition) is 1. The Balaban J connectivity index is 2.27. The molecule has 116 valence electrons. The number of pyridine rings is 1. The predicted molar refractivity (Wildman–Crippen MR) is 84.8 cm³/mol. The fourth-order valence-corrected chi connectivity index (χ4v) is 2.39. The molecule has 0 atom stereocenters. The minimum Gasteiger partial charge on any atom is -0.494 e. The van der Waals surface area contributed by atoms with Gasteiger partial charge in [-0.15, -0.1) is 0 Å². The third-order valence-corrected chi connectivity index (χ3v) is 3.43. The van der Waals surface area contributed by atoms with E-state index in [2.05, 4.69) is 15.0 Å². The molecular weight excluding hydrogens is 297 g/mol. The zero-order valence-electron chi connectivity index (χ0n) is 12.6. The monoisotopic (exact) mass is 311 g/mol. The Morgan fingerprint density at radius 2 is 1.87 bits per heavy atom. The largest absolute Gasteiger partial charge is 0.494 e. The van der Waals surface area contributed by atoms with Crippen molar-refractivity contribution in [2.24, 2.45) is 0 Å². The second kappa shape index (κ2) is 6.00. The number of aromatic nitrogens is 3. The summed E-state index contributed by atoms with van der Waals surface area (Å²) >= 11 is 0. The molecule has 3 aromatic rings. The van der Waals surface area contributed by atoms with Crippen molar-refractivity contribution in [1.82, 2.24) is 15.0 Å². The zero-order chi connectivity index (χ0) is 16.4. The fourth-order valence-electron chi connectivity index (χ4n) is 2.39. The van der Waals surface area contributed by atoms with Gasteiger partial charge in [-0.1, -0.05) is 6.07 Å². The highest BCUT2D eigenvalue weighted by Crippen LogP contribution is 2.29. The Hall–Kier alpha value is -3.02. The second-order valence-corrected chi connectivity index (χ2v) is 4.96. The van der Waals surface area contributed by atoms with Crippen LogP contribution in [0.4, 0.5) is 4.39 Å². The van der Waals surface area contributed by atoms with Crippen LogP contribution in [0, 0.1) is 12.7 Å². The Kier molecular flexibility index (Phi) is 3.89. The topological polar surface area (TPSA) is 67.9 Å². The molecule has 6 heteroatoms. The van der Waals surface area contributed by atoms with Crippen LogP contribution < -0.4 is 10.3 Å². The quantitative estimate of drug-likeness (QED) is 0.807. The maximum absolute atomic E-state index is 14.0. The molecule has 0 radical (unpaired) electrons. The van der Waals surface area contributed by atoms with Gasteiger partial charge in [0.05, 0.1) is 18.4 Å². The molecule has 0 spiro atoms. The number of halogens is 1. The van der Waals surface area contributed by atoms with E-state index in [1.807, 2.05) is 0 Å². The van der Waals surface area contributed by atoms with Crippen LogP contribution >= 0.6 is 0 Å². The zero-order valence-corrected chi connectivity index (χ0v) is 12.6. The van der Waals surface area contributed by atoms with Gasteiger partial charge < -0.3 is 9.72 Å². The Bertz CT molecular complexity index is 907. The van der Waals surface area contributed by atoms with Gasteiger partial charge in [0, 0.05) is 18.0 Å². The molecule has 0 saturated heterocycles. The Labute approximate surface area is 131 Å². The number of nitrogens with zero attached hydrogens (tertiary/aromatic N) is 2. The van der Waals surface area contributed by atoms with Crippen LogP contribution in [0.15, 0.2) is 47.5 Å². The Morgan fingerprint density at radius 1 is 1.13 bits per heavy atom. The summed E-state index contributed by atoms with van der Waals surface area (Å²) in [6.07, 6.45) is 3.23. The lowest BCUT2D eigenvalue weighted by Crippen LogP contribution is -2.14. The van der Waals surface area contributed by atoms with Crippen molar-refractivity contribution in [2.75, 3.05) is 7.11 Å². The van der Waals surface area contributed by atoms with Crippen molar-refractivity contribution in [2.45, 2.75) is 6.92 Å². The average molecular weight is 311 g/mol. The summed E-state index contributed by atoms with van der Waals surface area (Å²) in [6.45, 7) is 1.70. The number of aromatic amines is 1. The molecule has 0 unspecified atom stereocenters. The SMILES string of the molecule is COc1ccc(-c2c(-c3ccncc3)nc(C)[nH]c2=O)cc1F. The summed E-state index contributed by atoms with van der Waals surface area (Å²) in [4.78, 5) is 23.5. The summed E-state index contributed by atoms with van der Waals surface area (Å²) in [6, 6.07) is 7.90. The standard InChI is InChI=1S/C17H14FN3O2/c1-10-20-16(11-5-7-19-8-6-11)15(17(22)21-10)12-3-4-14(23-2)13(18)9-12/h3-9H,1-2H3,(H,20,21,22). The molecule has 2 heterocycles. The normalized spacial score (nSPS) is 10.6. The van der Waals surface area contributed by atoms with Crippen LogP contribution in [-0.2, 0) is 0 Å². The first-order valence-corrected chi connectivity index (χ1v) is 6.95. The number of rotatable bonds is 3. The van der Waals surface area contributed by atoms with Crippen LogP contribution in [0.25, 0.3) is 22.4 Å². The minimum atomic E-state index is -0.536. The molecule has 3 rings (SSSR count). The number of H-pyrrole nitrogens is 1. The van der Waals surface area contributed by atoms with Gasteiger partial charge in [0.15, 0.2) is 11.6 Å². The van der Waals surface area contributed by atoms with E-state index in [1.54, 1.807) is 37.5 Å². The van der Waals surface area contributed by atoms with Crippen LogP contribution in [0.3, 0.4) is 0 Å². The number of hydrogen-bond acceptors (Lipinski definition) is 4. The van der Waals surface area contributed by atoms with E-state index in [0.29, 0.717) is 22.6 Å². The van der Waals surface area contributed by atoms with Gasteiger partial charge in [-0.05, 0) is 36.8 Å². The van der Waals surface area contributed by atoms with Crippen LogP contribution in [0.2, 0.25) is 0 Å². The third-order valence-electron chi connectivity index (χ3n) is 3.43.